The fourth-order valence-electron chi connectivity index (χ4n) is 17.6. The average molecular weight is 1470 g/mol. The van der Waals surface area contributed by atoms with Crippen LogP contribution in [0.25, 0.3) is 0 Å². The number of halogens is 1. The predicted octanol–water partition coefficient (Wildman–Crippen LogP) is 4.40. The number of piperidine rings is 2. The quantitative estimate of drug-likeness (QED) is 0.0731. The number of benzene rings is 1. The van der Waals surface area contributed by atoms with Gasteiger partial charge in [-0.15, -0.1) is 0 Å². The molecule has 23 heteroatoms. The summed E-state index contributed by atoms with van der Waals surface area (Å²) in [6.07, 6.45) is 14.2. The lowest BCUT2D eigenvalue weighted by molar-refractivity contribution is -0.950. The highest BCUT2D eigenvalue weighted by Crippen LogP contribution is 2.66. The number of amides is 1. The summed E-state index contributed by atoms with van der Waals surface area (Å²) in [5, 5.41) is 65.6. The van der Waals surface area contributed by atoms with Crippen molar-refractivity contribution >= 4 is 41.0 Å². The molecule has 1 amide bonds. The van der Waals surface area contributed by atoms with Gasteiger partial charge in [0.1, 0.15) is 53.3 Å². The molecular formula is C77H113BrN2O20. The highest BCUT2D eigenvalue weighted by Gasteiger charge is 2.76. The van der Waals surface area contributed by atoms with Crippen molar-refractivity contribution in [2.75, 3.05) is 61.2 Å². The molecular weight excluding hydrogens is 1350 g/mol. The molecule has 5 aliphatic heterocycles. The fraction of sp³-hybridized carbons (Fsp3) is 0.727. The summed E-state index contributed by atoms with van der Waals surface area (Å²) in [4.78, 5) is 98.2. The van der Waals surface area contributed by atoms with Crippen LogP contribution >= 0.6 is 0 Å². The lowest BCUT2D eigenvalue weighted by Gasteiger charge is -2.64. The summed E-state index contributed by atoms with van der Waals surface area (Å²) < 4.78 is 42.4. The minimum Gasteiger partial charge on any atom is -1.00 e. The molecule has 20 atom stereocenters. The average Bonchev–Trinajstić information content (AvgIpc) is 1.40. The number of quaternary nitrogens is 1. The van der Waals surface area contributed by atoms with Crippen molar-refractivity contribution in [2.45, 2.75) is 249 Å². The summed E-state index contributed by atoms with van der Waals surface area (Å²) in [6.45, 7) is 14.8. The van der Waals surface area contributed by atoms with Crippen LogP contribution in [0.4, 0.5) is 0 Å². The van der Waals surface area contributed by atoms with E-state index in [9.17, 15) is 64.2 Å². The second kappa shape index (κ2) is 33.4. The summed E-state index contributed by atoms with van der Waals surface area (Å²) in [6, 6.07) is 2.57. The molecule has 1 aromatic carbocycles. The molecule has 3 saturated heterocycles. The smallest absolute Gasteiger partial charge is 0.329 e. The van der Waals surface area contributed by atoms with Crippen molar-refractivity contribution in [3.05, 3.63) is 70.9 Å². The Hall–Kier alpha value is -5.05. The SMILES string of the molecule is CO[C@H]1C[C@@H]2CC[C@@H](C)[C@@](O)(O2)C(=O)C(=O)N2CCCC[C@H]2C(=O)O[C@H]([C@H](C)C[C@@H]2CC[C@@H](OC(=O)C(C)(CO)CO)[C@H](OC)C2)CC(=O)[C@H](C)/C=C(\C)[C@@H](O)[C@@H](OC)C(=O)[C@H](C)C[C@H](C)/C=C/C=C/C=C/1C.C[N+]1(CC2CC2)CC[C@]23c4c5ccc(O)c4O[C@H]2C(=O)CC[C@@]3(O)[C@H]1C5.[Br-]. The van der Waals surface area contributed by atoms with Crippen molar-refractivity contribution in [3.8, 4) is 11.5 Å². The standard InChI is InChI=1S/C56H87NO16.C21H25NO4.BrH/c1-33-17-13-12-14-18-34(2)45(68-9)29-41-22-20-39(7)56(67,73-41)51(63)52(64)57-24-16-15-19-42(57)53(65)71-46(30-43(60)35(3)26-38(6)49(62)50(70-11)48(61)37(5)25-33)36(4)27-40-21-23-44(47(28-40)69-10)72-54(66)55(8,31-58)32-59;1-22(11-12-2-3-12)9-8-20-17-13-4-5-14(23)18(17)26-19(20)15(24)6-7-21(20,25)16(22)10-13;/h12-14,17-18,26,33,35-37,39-42,44-47,49-50,58-59,62,67H,15-16,19-25,27-32H2,1-11H3;4-5,12,16,19,25H,2-3,6-11H2,1H3;1H/b14-12+,17-13+,34-18+,38-26+;;/t33-,35-,36-,37-,39-,40+,41+,42+,44-,45+,46+,47-,49-,50+,56-;16-,19+,20+,21-,22?;/m11./s1. The molecule has 22 nitrogen and oxygen atoms in total. The normalized spacial score (nSPS) is 39.1. The molecule has 10 rings (SSSR count). The largest absolute Gasteiger partial charge is 1.00 e. The van der Waals surface area contributed by atoms with E-state index < -0.39 is 138 Å². The molecule has 1 aromatic rings. The van der Waals surface area contributed by atoms with E-state index in [0.29, 0.717) is 88.4 Å². The summed E-state index contributed by atoms with van der Waals surface area (Å²) >= 11 is 0. The van der Waals surface area contributed by atoms with Crippen molar-refractivity contribution < 1.29 is 119 Å². The monoisotopic (exact) mass is 1460 g/mol. The number of nitrogens with zero attached hydrogens (tertiary/aromatic N) is 2. The molecule has 100 heavy (non-hydrogen) atoms. The number of likely N-dealkylation sites (N-methyl/N-ethyl adjacent to an activating group) is 1. The number of allylic oxidation sites excluding steroid dienone is 6. The first-order valence-corrected chi connectivity index (χ1v) is 36.4. The van der Waals surface area contributed by atoms with Crippen LogP contribution in [0.5, 0.6) is 11.5 Å². The number of hydrogen-bond donors (Lipinski definition) is 6. The molecule has 6 N–H and O–H groups in total. The Kier molecular flexibility index (Phi) is 26.9. The number of methoxy groups -OCH3 is 3. The van der Waals surface area contributed by atoms with Crippen LogP contribution in [0.1, 0.15) is 176 Å². The molecule has 9 aliphatic rings. The molecule has 0 radical (unpaired) electrons. The minimum absolute atomic E-state index is 0. The van der Waals surface area contributed by atoms with Gasteiger partial charge in [0.25, 0.3) is 11.7 Å². The Morgan fingerprint density at radius 2 is 1.52 bits per heavy atom. The van der Waals surface area contributed by atoms with E-state index in [2.05, 4.69) is 7.05 Å². The first-order valence-electron chi connectivity index (χ1n) is 36.4. The Labute approximate surface area is 600 Å². The molecule has 1 spiro atoms. The van der Waals surface area contributed by atoms with Crippen molar-refractivity contribution in [1.29, 1.82) is 0 Å². The number of cyclic esters (lactones) is 1. The number of ether oxygens (including phenoxy) is 7. The fourth-order valence-corrected chi connectivity index (χ4v) is 17.6. The third kappa shape index (κ3) is 16.5. The molecule has 5 heterocycles. The zero-order valence-electron chi connectivity index (χ0n) is 60.9. The maximum absolute atomic E-state index is 14.5. The van der Waals surface area contributed by atoms with E-state index >= 15 is 0 Å². The molecule has 4 bridgehead atoms. The van der Waals surface area contributed by atoms with Crippen LogP contribution in [0.2, 0.25) is 0 Å². The number of likely N-dealkylation sites (tertiary alicyclic amines) is 1. The van der Waals surface area contributed by atoms with Gasteiger partial charge in [0, 0.05) is 89.2 Å². The van der Waals surface area contributed by atoms with Crippen LogP contribution < -0.4 is 21.7 Å². The van der Waals surface area contributed by atoms with Crippen molar-refractivity contribution in [2.24, 2.45) is 46.8 Å². The Balaban J connectivity index is 0.000000384. The summed E-state index contributed by atoms with van der Waals surface area (Å²) in [5.74, 6) is -7.94. The molecule has 6 fully saturated rings. The highest BCUT2D eigenvalue weighted by molar-refractivity contribution is 6.39. The van der Waals surface area contributed by atoms with Crippen LogP contribution in [0.3, 0.4) is 0 Å². The van der Waals surface area contributed by atoms with Gasteiger partial charge in [-0.05, 0) is 145 Å². The number of aliphatic hydroxyl groups excluding tert-OH is 3. The summed E-state index contributed by atoms with van der Waals surface area (Å²) in [5.41, 5.74) is 0.215. The van der Waals surface area contributed by atoms with Gasteiger partial charge in [0.2, 0.25) is 5.79 Å². The van der Waals surface area contributed by atoms with Gasteiger partial charge in [0.15, 0.2) is 29.2 Å². The molecule has 4 aliphatic carbocycles. The lowest BCUT2D eigenvalue weighted by Crippen LogP contribution is -3.00. The first-order chi connectivity index (χ1) is 46.9. The number of aliphatic hydroxyl groups is 5. The number of Topliss-reactive ketones (excluding diaryl/α,β-unsaturated/α-hetero) is 4. The number of carbonyl (C=O) groups is 7. The number of aromatic hydroxyl groups is 1. The maximum Gasteiger partial charge on any atom is 0.329 e. The third-order valence-electron chi connectivity index (χ3n) is 24.2. The number of phenols is 1. The van der Waals surface area contributed by atoms with Gasteiger partial charge >= 0.3 is 11.9 Å². The van der Waals surface area contributed by atoms with Gasteiger partial charge < -0.3 is 90.2 Å². The van der Waals surface area contributed by atoms with E-state index in [4.69, 9.17) is 33.2 Å². The number of fused-ring (bicyclic) bond motifs is 3. The maximum atomic E-state index is 14.5. The number of rotatable bonds is 12. The van der Waals surface area contributed by atoms with Gasteiger partial charge in [-0.1, -0.05) is 77.1 Å². The number of hydrogen-bond acceptors (Lipinski definition) is 20. The van der Waals surface area contributed by atoms with Gasteiger partial charge in [0.05, 0.1) is 57.1 Å². The number of carbonyl (C=O) groups excluding carboxylic acids is 7. The van der Waals surface area contributed by atoms with Crippen LogP contribution in [0, 0.1) is 46.8 Å². The molecule has 3 saturated carbocycles. The molecule has 0 aromatic heterocycles. The van der Waals surface area contributed by atoms with Gasteiger partial charge in [-0.3, -0.25) is 28.8 Å². The van der Waals surface area contributed by atoms with Gasteiger partial charge in [-0.2, -0.15) is 0 Å². The Bertz CT molecular complexity index is 3250. The van der Waals surface area contributed by atoms with Crippen molar-refractivity contribution in [3.63, 3.8) is 0 Å². The van der Waals surface area contributed by atoms with E-state index in [1.807, 2.05) is 57.2 Å². The zero-order chi connectivity index (χ0) is 72.3. The second-order valence-corrected chi connectivity index (χ2v) is 31.5. The van der Waals surface area contributed by atoms with E-state index in [-0.39, 0.29) is 77.3 Å². The van der Waals surface area contributed by atoms with E-state index in [0.717, 1.165) is 57.9 Å². The lowest BCUT2D eigenvalue weighted by atomic mass is 9.48. The number of phenolic OH excluding ortho intramolecular Hbond substituents is 1. The molecule has 1 unspecified atom stereocenters. The Morgan fingerprint density at radius 1 is 0.810 bits per heavy atom. The number of esters is 2. The van der Waals surface area contributed by atoms with Crippen LogP contribution in [-0.2, 0) is 73.8 Å². The van der Waals surface area contributed by atoms with Crippen molar-refractivity contribution in [1.82, 2.24) is 4.90 Å². The molecule has 558 valence electrons. The topological polar surface area (TPSA) is 309 Å². The first kappa shape index (κ1) is 80.6. The van der Waals surface area contributed by atoms with E-state index in [1.54, 1.807) is 46.9 Å². The highest BCUT2D eigenvalue weighted by atomic mass is 79.9. The third-order valence-corrected chi connectivity index (χ3v) is 24.2. The summed E-state index contributed by atoms with van der Waals surface area (Å²) in [7, 11) is 6.74. The van der Waals surface area contributed by atoms with Crippen LogP contribution in [0.15, 0.2) is 59.7 Å². The Morgan fingerprint density at radius 3 is 2.19 bits per heavy atom. The minimum atomic E-state index is -2.47. The van der Waals surface area contributed by atoms with Gasteiger partial charge in [-0.25, -0.2) is 4.79 Å². The zero-order valence-corrected chi connectivity index (χ0v) is 62.5. The van der Waals surface area contributed by atoms with E-state index in [1.165, 1.54) is 34.0 Å². The predicted molar refractivity (Wildman–Crippen MR) is 365 cm³/mol. The second-order valence-electron chi connectivity index (χ2n) is 31.5. The van der Waals surface area contributed by atoms with Crippen LogP contribution in [-0.4, -0.2) is 215 Å². The number of ketones is 4.